The first kappa shape index (κ1) is 27.6. The number of thiazole rings is 1. The minimum atomic E-state index is -0.965. The molecule has 2 aliphatic rings. The summed E-state index contributed by atoms with van der Waals surface area (Å²) in [7, 11) is 0. The molecule has 0 spiro atoms. The number of aliphatic hydroxyl groups excluding tert-OH is 1. The molecule has 1 amide bonds. The summed E-state index contributed by atoms with van der Waals surface area (Å²) in [6.45, 7) is 7.76. The Labute approximate surface area is 237 Å². The quantitative estimate of drug-likeness (QED) is 0.110. The molecule has 2 atom stereocenters. The molecule has 208 valence electrons. The van der Waals surface area contributed by atoms with Crippen molar-refractivity contribution >= 4 is 39.7 Å². The van der Waals surface area contributed by atoms with Crippen molar-refractivity contribution < 1.29 is 29.0 Å². The van der Waals surface area contributed by atoms with Crippen molar-refractivity contribution in [3.05, 3.63) is 75.3 Å². The van der Waals surface area contributed by atoms with Gasteiger partial charge >= 0.3 is 5.91 Å². The van der Waals surface area contributed by atoms with E-state index in [2.05, 4.69) is 11.9 Å². The molecule has 2 aromatic carbocycles. The smallest absolute Gasteiger partial charge is 0.301 e. The maximum atomic E-state index is 13.6. The Bertz CT molecular complexity index is 1520. The number of aliphatic hydroxyl groups is 1. The van der Waals surface area contributed by atoms with Crippen molar-refractivity contribution in [1.82, 2.24) is 4.98 Å². The summed E-state index contributed by atoms with van der Waals surface area (Å²) in [4.78, 5) is 45.5. The summed E-state index contributed by atoms with van der Waals surface area (Å²) in [6, 6.07) is 11.5. The van der Waals surface area contributed by atoms with Gasteiger partial charge in [-0.05, 0) is 61.7 Å². The van der Waals surface area contributed by atoms with Crippen LogP contribution in [0.4, 0.5) is 5.13 Å². The number of fused-ring (bicyclic) bond motifs is 1. The lowest BCUT2D eigenvalue weighted by atomic mass is 9.94. The summed E-state index contributed by atoms with van der Waals surface area (Å²) in [6.07, 6.45) is 3.72. The van der Waals surface area contributed by atoms with Crippen molar-refractivity contribution in [2.45, 2.75) is 65.5 Å². The number of nitrogens with zero attached hydrogens (tertiary/aromatic N) is 2. The van der Waals surface area contributed by atoms with Crippen molar-refractivity contribution in [3.8, 4) is 11.5 Å². The lowest BCUT2D eigenvalue weighted by Crippen LogP contribution is -2.29. The van der Waals surface area contributed by atoms with Crippen LogP contribution in [0, 0.1) is 6.92 Å². The monoisotopic (exact) mass is 560 g/mol. The van der Waals surface area contributed by atoms with E-state index in [0.29, 0.717) is 40.5 Å². The number of ketones is 2. The zero-order valence-electron chi connectivity index (χ0n) is 23.0. The van der Waals surface area contributed by atoms with Crippen LogP contribution in [0.2, 0.25) is 0 Å². The lowest BCUT2D eigenvalue weighted by molar-refractivity contribution is -0.132. The summed E-state index contributed by atoms with van der Waals surface area (Å²) in [5.74, 6) is -0.748. The highest BCUT2D eigenvalue weighted by molar-refractivity contribution is 7.18. The highest BCUT2D eigenvalue weighted by Gasteiger charge is 2.48. The summed E-state index contributed by atoms with van der Waals surface area (Å²) in [5, 5.41) is 11.8. The molecule has 40 heavy (non-hydrogen) atoms. The van der Waals surface area contributed by atoms with Gasteiger partial charge in [0.05, 0.1) is 28.8 Å². The Morgan fingerprint density at radius 3 is 2.73 bits per heavy atom. The van der Waals surface area contributed by atoms with E-state index in [9.17, 15) is 19.5 Å². The van der Waals surface area contributed by atoms with Crippen molar-refractivity contribution in [1.29, 1.82) is 0 Å². The second kappa shape index (κ2) is 11.3. The van der Waals surface area contributed by atoms with Gasteiger partial charge in [-0.2, -0.15) is 0 Å². The number of hydrogen-bond donors (Lipinski definition) is 1. The van der Waals surface area contributed by atoms with E-state index in [4.69, 9.17) is 9.47 Å². The van der Waals surface area contributed by atoms with Crippen LogP contribution in [-0.4, -0.2) is 40.3 Å². The molecule has 0 bridgehead atoms. The molecule has 0 unspecified atom stereocenters. The van der Waals surface area contributed by atoms with Gasteiger partial charge in [0.15, 0.2) is 10.9 Å². The molecule has 3 heterocycles. The average molecular weight is 561 g/mol. The van der Waals surface area contributed by atoms with Crippen molar-refractivity contribution in [2.75, 3.05) is 11.5 Å². The molecule has 0 saturated carbocycles. The molecule has 8 nitrogen and oxygen atoms in total. The normalized spacial score (nSPS) is 19.6. The summed E-state index contributed by atoms with van der Waals surface area (Å²) >= 11 is 1.06. The number of aryl methyl sites for hydroxylation is 1. The molecule has 5 rings (SSSR count). The number of amides is 1. The molecule has 1 saturated heterocycles. The second-order valence-electron chi connectivity index (χ2n) is 10.2. The van der Waals surface area contributed by atoms with Crippen LogP contribution < -0.4 is 14.4 Å². The molecule has 1 N–H and O–H groups in total. The number of unbranched alkanes of at least 4 members (excludes halogenated alkanes) is 2. The number of Topliss-reactive ketones (excluding diaryl/α,β-unsaturated/α-hetero) is 2. The topological polar surface area (TPSA) is 106 Å². The largest absolute Gasteiger partial charge is 0.507 e. The van der Waals surface area contributed by atoms with Gasteiger partial charge in [-0.3, -0.25) is 19.3 Å². The van der Waals surface area contributed by atoms with Gasteiger partial charge in [0, 0.05) is 18.9 Å². The van der Waals surface area contributed by atoms with E-state index >= 15 is 0 Å². The zero-order valence-corrected chi connectivity index (χ0v) is 23.8. The number of anilines is 1. The number of hydrogen-bond acceptors (Lipinski definition) is 8. The van der Waals surface area contributed by atoms with E-state index in [0.717, 1.165) is 41.9 Å². The first-order valence-corrected chi connectivity index (χ1v) is 14.3. The van der Waals surface area contributed by atoms with Gasteiger partial charge in [-0.1, -0.05) is 43.2 Å². The van der Waals surface area contributed by atoms with Gasteiger partial charge in [0.2, 0.25) is 0 Å². The van der Waals surface area contributed by atoms with Crippen LogP contribution in [0.1, 0.15) is 78.1 Å². The molecule has 9 heteroatoms. The maximum absolute atomic E-state index is 13.6. The zero-order chi connectivity index (χ0) is 28.6. The van der Waals surface area contributed by atoms with Crippen LogP contribution in [0.3, 0.4) is 0 Å². The van der Waals surface area contributed by atoms with E-state index in [-0.39, 0.29) is 28.4 Å². The van der Waals surface area contributed by atoms with Gasteiger partial charge in [0.25, 0.3) is 5.78 Å². The SMILES string of the molecule is CCCCCOc1cccc([C@H]2C(=C(O)c3ccc4c(c3)C[C@H](C)O4)C(=O)C(=O)N2c2nc(C)c(C(C)=O)s2)c1. The van der Waals surface area contributed by atoms with Crippen molar-refractivity contribution in [2.24, 2.45) is 0 Å². The molecular weight excluding hydrogens is 528 g/mol. The molecule has 1 aromatic heterocycles. The van der Waals surface area contributed by atoms with Gasteiger partial charge in [0.1, 0.15) is 23.4 Å². The highest BCUT2D eigenvalue weighted by atomic mass is 32.1. The molecule has 0 aliphatic carbocycles. The summed E-state index contributed by atoms with van der Waals surface area (Å²) < 4.78 is 11.7. The van der Waals surface area contributed by atoms with E-state index < -0.39 is 17.7 Å². The van der Waals surface area contributed by atoms with Crippen LogP contribution in [0.25, 0.3) is 5.76 Å². The fourth-order valence-corrected chi connectivity index (χ4v) is 6.19. The Morgan fingerprint density at radius 2 is 2.00 bits per heavy atom. The fourth-order valence-electron chi connectivity index (χ4n) is 5.20. The van der Waals surface area contributed by atoms with Crippen LogP contribution >= 0.6 is 11.3 Å². The fraction of sp³-hybridized carbons (Fsp3) is 0.355. The molecule has 3 aromatic rings. The lowest BCUT2D eigenvalue weighted by Gasteiger charge is -2.23. The third-order valence-electron chi connectivity index (χ3n) is 7.12. The number of carbonyl (C=O) groups is 3. The number of aromatic nitrogens is 1. The van der Waals surface area contributed by atoms with Crippen LogP contribution in [0.5, 0.6) is 11.5 Å². The Balaban J connectivity index is 1.63. The minimum absolute atomic E-state index is 0.0154. The number of carbonyl (C=O) groups excluding carboxylic acids is 3. The standard InChI is InChI=1S/C31H32N2O6S/c1-5-6-7-13-38-23-10-8-9-20(16-23)26-25(27(35)21-11-12-24-22(15-21)14-17(2)39-24)28(36)30(37)33(26)31-32-18(3)29(40-31)19(4)34/h8-12,15-17,26,35H,5-7,13-14H2,1-4H3/t17-,26-/m0/s1. The molecule has 2 aliphatic heterocycles. The predicted molar refractivity (Wildman–Crippen MR) is 153 cm³/mol. The third kappa shape index (κ3) is 5.13. The molecule has 0 radical (unpaired) electrons. The van der Waals surface area contributed by atoms with Crippen molar-refractivity contribution in [3.63, 3.8) is 0 Å². The Hall–Kier alpha value is -3.98. The first-order valence-electron chi connectivity index (χ1n) is 13.5. The first-order chi connectivity index (χ1) is 19.2. The predicted octanol–water partition coefficient (Wildman–Crippen LogP) is 6.17. The van der Waals surface area contributed by atoms with E-state index in [1.54, 1.807) is 43.3 Å². The minimum Gasteiger partial charge on any atom is -0.507 e. The Morgan fingerprint density at radius 1 is 1.20 bits per heavy atom. The Kier molecular flexibility index (Phi) is 7.76. The van der Waals surface area contributed by atoms with Crippen LogP contribution in [-0.2, 0) is 16.0 Å². The molecular formula is C31H32N2O6S. The maximum Gasteiger partial charge on any atom is 0.301 e. The second-order valence-corrected chi connectivity index (χ2v) is 11.2. The van der Waals surface area contributed by atoms with Gasteiger partial charge < -0.3 is 14.6 Å². The van der Waals surface area contributed by atoms with Crippen LogP contribution in [0.15, 0.2) is 48.0 Å². The van der Waals surface area contributed by atoms with Gasteiger partial charge in [-0.25, -0.2) is 4.98 Å². The number of ether oxygens (including phenoxy) is 2. The number of benzene rings is 2. The number of rotatable bonds is 9. The third-order valence-corrected chi connectivity index (χ3v) is 8.37. The molecule has 1 fully saturated rings. The summed E-state index contributed by atoms with van der Waals surface area (Å²) in [5.41, 5.74) is 2.37. The van der Waals surface area contributed by atoms with Gasteiger partial charge in [-0.15, -0.1) is 0 Å². The van der Waals surface area contributed by atoms with E-state index in [1.165, 1.54) is 11.8 Å². The van der Waals surface area contributed by atoms with E-state index in [1.807, 2.05) is 13.0 Å². The highest BCUT2D eigenvalue weighted by Crippen LogP contribution is 2.45. The average Bonchev–Trinajstić information content (AvgIpc) is 3.58.